The molecule has 76 valence electrons. The Balaban J connectivity index is 3.61. The zero-order chi connectivity index (χ0) is 10.9. The van der Waals surface area contributed by atoms with Crippen LogP contribution < -0.4 is 0 Å². The smallest absolute Gasteiger partial charge is 0.258 e. The van der Waals surface area contributed by atoms with Crippen LogP contribution in [0.5, 0.6) is 0 Å². The van der Waals surface area contributed by atoms with Gasteiger partial charge in [-0.2, -0.15) is 0 Å². The lowest BCUT2D eigenvalue weighted by molar-refractivity contribution is -0.388. The Kier molecular flexibility index (Phi) is 2.57. The average Bonchev–Trinajstić information content (AvgIpc) is 2.01. The molecule has 0 amide bonds. The van der Waals surface area contributed by atoms with Crippen LogP contribution in [0, 0.1) is 17.0 Å². The van der Waals surface area contributed by atoms with Crippen molar-refractivity contribution >= 4 is 15.5 Å². The molecule has 0 aliphatic heterocycles. The summed E-state index contributed by atoms with van der Waals surface area (Å²) >= 11 is 0. The second kappa shape index (κ2) is 3.38. The van der Waals surface area contributed by atoms with Gasteiger partial charge < -0.3 is 0 Å². The van der Waals surface area contributed by atoms with E-state index in [-0.39, 0.29) is 10.6 Å². The summed E-state index contributed by atoms with van der Waals surface area (Å²) in [6.45, 7) is 1.51. The molecule has 1 aromatic carbocycles. The molecule has 1 rings (SSSR count). The SMILES string of the molecule is Cc1cccc(S(C)(=O)=O)c1[N+](=O)[O-]. The van der Waals surface area contributed by atoms with Gasteiger partial charge in [0.05, 0.1) is 4.92 Å². The zero-order valence-electron chi connectivity index (χ0n) is 7.72. The number of rotatable bonds is 2. The summed E-state index contributed by atoms with van der Waals surface area (Å²) in [4.78, 5) is 9.72. The maximum atomic E-state index is 11.2. The third kappa shape index (κ3) is 1.90. The van der Waals surface area contributed by atoms with E-state index in [0.717, 1.165) is 6.26 Å². The van der Waals surface area contributed by atoms with Crippen molar-refractivity contribution in [2.24, 2.45) is 0 Å². The highest BCUT2D eigenvalue weighted by Gasteiger charge is 2.23. The van der Waals surface area contributed by atoms with Crippen LogP contribution in [0.15, 0.2) is 23.1 Å². The first kappa shape index (κ1) is 10.6. The molecule has 0 radical (unpaired) electrons. The molecule has 0 bridgehead atoms. The molecule has 14 heavy (non-hydrogen) atoms. The minimum Gasteiger partial charge on any atom is -0.258 e. The number of nitrogens with zero attached hydrogens (tertiary/aromatic N) is 1. The van der Waals surface area contributed by atoms with E-state index in [0.29, 0.717) is 5.56 Å². The molecule has 5 nitrogen and oxygen atoms in total. The Labute approximate surface area is 81.4 Å². The van der Waals surface area contributed by atoms with E-state index in [1.165, 1.54) is 25.1 Å². The number of benzene rings is 1. The van der Waals surface area contributed by atoms with Crippen LogP contribution in [0.25, 0.3) is 0 Å². The highest BCUT2D eigenvalue weighted by molar-refractivity contribution is 7.90. The first-order valence-electron chi connectivity index (χ1n) is 3.78. The molecule has 0 heterocycles. The van der Waals surface area contributed by atoms with Gasteiger partial charge in [0, 0.05) is 11.8 Å². The van der Waals surface area contributed by atoms with Gasteiger partial charge >= 0.3 is 0 Å². The minimum absolute atomic E-state index is 0.234. The van der Waals surface area contributed by atoms with Gasteiger partial charge in [0.15, 0.2) is 9.84 Å². The molecule has 0 N–H and O–H groups in total. The summed E-state index contributed by atoms with van der Waals surface area (Å²) < 4.78 is 22.4. The van der Waals surface area contributed by atoms with Crippen molar-refractivity contribution in [1.82, 2.24) is 0 Å². The van der Waals surface area contributed by atoms with Crippen LogP contribution in [-0.4, -0.2) is 19.6 Å². The van der Waals surface area contributed by atoms with Crippen molar-refractivity contribution in [3.05, 3.63) is 33.9 Å². The zero-order valence-corrected chi connectivity index (χ0v) is 8.54. The average molecular weight is 215 g/mol. The third-order valence-electron chi connectivity index (χ3n) is 1.78. The molecule has 1 aromatic rings. The van der Waals surface area contributed by atoms with Gasteiger partial charge in [0.25, 0.3) is 5.69 Å². The number of aryl methyl sites for hydroxylation is 1. The van der Waals surface area contributed by atoms with Crippen LogP contribution in [-0.2, 0) is 9.84 Å². The van der Waals surface area contributed by atoms with Crippen LogP contribution in [0.3, 0.4) is 0 Å². The Morgan fingerprint density at radius 1 is 1.36 bits per heavy atom. The molecule has 0 saturated carbocycles. The second-order valence-electron chi connectivity index (χ2n) is 2.95. The maximum Gasteiger partial charge on any atom is 0.290 e. The molecule has 0 atom stereocenters. The van der Waals surface area contributed by atoms with Crippen molar-refractivity contribution in [2.75, 3.05) is 6.26 Å². The second-order valence-corrected chi connectivity index (χ2v) is 4.94. The Morgan fingerprint density at radius 3 is 2.29 bits per heavy atom. The highest BCUT2D eigenvalue weighted by atomic mass is 32.2. The van der Waals surface area contributed by atoms with E-state index in [1.807, 2.05) is 0 Å². The van der Waals surface area contributed by atoms with Crippen molar-refractivity contribution in [3.8, 4) is 0 Å². The minimum atomic E-state index is -3.54. The molecule has 6 heteroatoms. The molecule has 0 aromatic heterocycles. The predicted octanol–water partition coefficient (Wildman–Crippen LogP) is 1.31. The topological polar surface area (TPSA) is 77.3 Å². The lowest BCUT2D eigenvalue weighted by Crippen LogP contribution is -2.03. The Bertz CT molecular complexity index is 478. The van der Waals surface area contributed by atoms with Crippen molar-refractivity contribution in [2.45, 2.75) is 11.8 Å². The summed E-state index contributed by atoms with van der Waals surface area (Å²) in [7, 11) is -3.54. The fraction of sp³-hybridized carbons (Fsp3) is 0.250. The molecule has 0 fully saturated rings. The highest BCUT2D eigenvalue weighted by Crippen LogP contribution is 2.26. The number of nitro groups is 1. The summed E-state index contributed by atoms with van der Waals surface area (Å²) in [6.07, 6.45) is 0.953. The monoisotopic (exact) mass is 215 g/mol. The fourth-order valence-corrected chi connectivity index (χ4v) is 2.08. The Hall–Kier alpha value is -1.43. The van der Waals surface area contributed by atoms with Crippen LogP contribution in [0.2, 0.25) is 0 Å². The van der Waals surface area contributed by atoms with E-state index in [4.69, 9.17) is 0 Å². The lowest BCUT2D eigenvalue weighted by Gasteiger charge is -2.02. The molecule has 0 saturated heterocycles. The fourth-order valence-electron chi connectivity index (χ4n) is 1.17. The number of sulfone groups is 1. The van der Waals surface area contributed by atoms with Gasteiger partial charge in [-0.1, -0.05) is 12.1 Å². The van der Waals surface area contributed by atoms with Crippen molar-refractivity contribution in [3.63, 3.8) is 0 Å². The quantitative estimate of drug-likeness (QED) is 0.550. The van der Waals surface area contributed by atoms with Crippen LogP contribution >= 0.6 is 0 Å². The van der Waals surface area contributed by atoms with Gasteiger partial charge in [0.2, 0.25) is 0 Å². The molecular weight excluding hydrogens is 206 g/mol. The third-order valence-corrected chi connectivity index (χ3v) is 2.91. The molecule has 0 spiro atoms. The first-order chi connectivity index (χ1) is 6.34. The van der Waals surface area contributed by atoms with E-state index in [1.54, 1.807) is 0 Å². The van der Waals surface area contributed by atoms with Crippen LogP contribution in [0.1, 0.15) is 5.56 Å². The maximum absolute atomic E-state index is 11.2. The van der Waals surface area contributed by atoms with Crippen molar-refractivity contribution in [1.29, 1.82) is 0 Å². The summed E-state index contributed by atoms with van der Waals surface area (Å²) in [6, 6.07) is 4.23. The van der Waals surface area contributed by atoms with Crippen molar-refractivity contribution < 1.29 is 13.3 Å². The van der Waals surface area contributed by atoms with E-state index < -0.39 is 14.8 Å². The molecular formula is C8H9NO4S. The van der Waals surface area contributed by atoms with Gasteiger partial charge in [-0.3, -0.25) is 10.1 Å². The number of nitro benzene ring substituents is 1. The number of para-hydroxylation sites is 1. The molecule has 0 aliphatic carbocycles. The summed E-state index contributed by atoms with van der Waals surface area (Å²) in [5.41, 5.74) is 0.00734. The first-order valence-corrected chi connectivity index (χ1v) is 5.67. The van der Waals surface area contributed by atoms with E-state index in [2.05, 4.69) is 0 Å². The molecule has 0 unspecified atom stereocenters. The summed E-state index contributed by atoms with van der Waals surface area (Å²) in [5, 5.41) is 10.6. The predicted molar refractivity (Wildman–Crippen MR) is 50.9 cm³/mol. The van der Waals surface area contributed by atoms with E-state index in [9.17, 15) is 18.5 Å². The van der Waals surface area contributed by atoms with Gasteiger partial charge in [-0.15, -0.1) is 0 Å². The largest absolute Gasteiger partial charge is 0.290 e. The normalized spacial score (nSPS) is 11.3. The van der Waals surface area contributed by atoms with Gasteiger partial charge in [-0.05, 0) is 13.0 Å². The van der Waals surface area contributed by atoms with Gasteiger partial charge in [-0.25, -0.2) is 8.42 Å². The van der Waals surface area contributed by atoms with Crippen LogP contribution in [0.4, 0.5) is 5.69 Å². The number of hydrogen-bond donors (Lipinski definition) is 0. The standard InChI is InChI=1S/C8H9NO4S/c1-6-4-3-5-7(14(2,12)13)8(6)9(10)11/h3-5H,1-2H3. The Morgan fingerprint density at radius 2 is 1.93 bits per heavy atom. The van der Waals surface area contributed by atoms with Gasteiger partial charge in [0.1, 0.15) is 4.90 Å². The lowest BCUT2D eigenvalue weighted by atomic mass is 10.2. The summed E-state index contributed by atoms with van der Waals surface area (Å²) in [5.74, 6) is 0. The number of hydrogen-bond acceptors (Lipinski definition) is 4. The van der Waals surface area contributed by atoms with E-state index >= 15 is 0 Å². The molecule has 0 aliphatic rings.